The Morgan fingerprint density at radius 2 is 1.71 bits per heavy atom. The topological polar surface area (TPSA) is 116 Å². The van der Waals surface area contributed by atoms with Gasteiger partial charge in [-0.15, -0.1) is 0 Å². The first-order valence-electron chi connectivity index (χ1n) is 6.31. The summed E-state index contributed by atoms with van der Waals surface area (Å²) in [7, 11) is 0. The number of benzene rings is 1. The maximum Gasteiger partial charge on any atom is 0.405 e. The Hall–Kier alpha value is -2.57. The van der Waals surface area contributed by atoms with Gasteiger partial charge in [0.15, 0.2) is 0 Å². The van der Waals surface area contributed by atoms with E-state index >= 15 is 0 Å². The summed E-state index contributed by atoms with van der Waals surface area (Å²) in [5.41, 5.74) is -0.662. The van der Waals surface area contributed by atoms with E-state index in [1.54, 1.807) is 30.3 Å². The first-order chi connectivity index (χ1) is 9.72. The summed E-state index contributed by atoms with van der Waals surface area (Å²) in [6.07, 6.45) is -1.24. The average Bonchev–Trinajstić information content (AvgIpc) is 2.37. The van der Waals surface area contributed by atoms with Crippen LogP contribution in [-0.2, 0) is 16.0 Å². The van der Waals surface area contributed by atoms with Gasteiger partial charge in [-0.25, -0.2) is 9.59 Å². The molecule has 0 heterocycles. The molecule has 0 aliphatic carbocycles. The van der Waals surface area contributed by atoms with Crippen LogP contribution in [0, 0.1) is 0 Å². The third-order valence-electron chi connectivity index (χ3n) is 2.87. The molecule has 114 valence electrons. The fraction of sp³-hybridized carbons (Fsp3) is 0.357. The van der Waals surface area contributed by atoms with E-state index in [0.717, 1.165) is 5.56 Å². The van der Waals surface area contributed by atoms with Crippen LogP contribution < -0.4 is 10.6 Å². The molecule has 1 unspecified atom stereocenters. The Balaban J connectivity index is 2.77. The number of amides is 2. The molecule has 0 spiro atoms. The van der Waals surface area contributed by atoms with Crippen molar-refractivity contribution in [1.82, 2.24) is 10.6 Å². The fourth-order valence-electron chi connectivity index (χ4n) is 1.71. The number of aliphatic carboxylic acids is 1. The van der Waals surface area contributed by atoms with E-state index in [1.165, 1.54) is 13.8 Å². The number of carboxylic acids is 1. The van der Waals surface area contributed by atoms with Crippen molar-refractivity contribution in [1.29, 1.82) is 0 Å². The number of hydrogen-bond acceptors (Lipinski definition) is 3. The second-order valence-corrected chi connectivity index (χ2v) is 5.11. The van der Waals surface area contributed by atoms with Gasteiger partial charge in [-0.05, 0) is 19.4 Å². The first-order valence-corrected chi connectivity index (χ1v) is 6.31. The molecular formula is C14H18N2O5. The highest BCUT2D eigenvalue weighted by Crippen LogP contribution is 2.07. The van der Waals surface area contributed by atoms with Crippen molar-refractivity contribution >= 4 is 18.0 Å². The van der Waals surface area contributed by atoms with E-state index in [2.05, 4.69) is 5.32 Å². The van der Waals surface area contributed by atoms with E-state index < -0.39 is 29.6 Å². The highest BCUT2D eigenvalue weighted by molar-refractivity contribution is 5.91. The molecule has 1 aromatic rings. The van der Waals surface area contributed by atoms with Crippen molar-refractivity contribution in [2.45, 2.75) is 31.8 Å². The molecule has 7 heteroatoms. The van der Waals surface area contributed by atoms with Crippen molar-refractivity contribution < 1.29 is 24.6 Å². The predicted octanol–water partition coefficient (Wildman–Crippen LogP) is 0.845. The molecule has 21 heavy (non-hydrogen) atoms. The van der Waals surface area contributed by atoms with Gasteiger partial charge in [-0.3, -0.25) is 4.79 Å². The second kappa shape index (κ2) is 6.74. The Morgan fingerprint density at radius 1 is 1.14 bits per heavy atom. The second-order valence-electron chi connectivity index (χ2n) is 5.11. The molecule has 1 aromatic carbocycles. The molecule has 0 saturated carbocycles. The quantitative estimate of drug-likeness (QED) is 0.620. The summed E-state index contributed by atoms with van der Waals surface area (Å²) in [5.74, 6) is -1.88. The number of rotatable bonds is 6. The van der Waals surface area contributed by atoms with Crippen LogP contribution in [0.5, 0.6) is 0 Å². The van der Waals surface area contributed by atoms with Gasteiger partial charge in [0.05, 0.1) is 0 Å². The van der Waals surface area contributed by atoms with Crippen LogP contribution >= 0.6 is 0 Å². The molecule has 1 rings (SSSR count). The summed E-state index contributed by atoms with van der Waals surface area (Å²) < 4.78 is 0. The average molecular weight is 294 g/mol. The van der Waals surface area contributed by atoms with Gasteiger partial charge >= 0.3 is 12.1 Å². The summed E-state index contributed by atoms with van der Waals surface area (Å²) in [6, 6.07) is 7.72. The molecule has 7 nitrogen and oxygen atoms in total. The molecule has 0 saturated heterocycles. The summed E-state index contributed by atoms with van der Waals surface area (Å²) in [6.45, 7) is 2.72. The van der Waals surface area contributed by atoms with Gasteiger partial charge in [0.2, 0.25) is 5.91 Å². The van der Waals surface area contributed by atoms with Crippen LogP contribution in [-0.4, -0.2) is 39.8 Å². The minimum atomic E-state index is -1.42. The van der Waals surface area contributed by atoms with Crippen LogP contribution in [0.4, 0.5) is 4.79 Å². The van der Waals surface area contributed by atoms with Gasteiger partial charge in [-0.2, -0.15) is 0 Å². The number of carboxylic acid groups (broad SMARTS) is 2. The van der Waals surface area contributed by atoms with E-state index in [-0.39, 0.29) is 6.42 Å². The van der Waals surface area contributed by atoms with Gasteiger partial charge in [0.1, 0.15) is 11.6 Å². The Labute approximate surface area is 122 Å². The van der Waals surface area contributed by atoms with Crippen molar-refractivity contribution in [3.63, 3.8) is 0 Å². The maximum atomic E-state index is 12.0. The smallest absolute Gasteiger partial charge is 0.405 e. The zero-order valence-electron chi connectivity index (χ0n) is 11.8. The van der Waals surface area contributed by atoms with Crippen molar-refractivity contribution in [2.24, 2.45) is 0 Å². The summed E-state index contributed by atoms with van der Waals surface area (Å²) in [5, 5.41) is 22.2. The molecular weight excluding hydrogens is 276 g/mol. The third-order valence-corrected chi connectivity index (χ3v) is 2.87. The molecule has 1 atom stereocenters. The highest BCUT2D eigenvalue weighted by atomic mass is 16.4. The molecule has 0 aromatic heterocycles. The van der Waals surface area contributed by atoms with Crippen LogP contribution in [0.25, 0.3) is 0 Å². The van der Waals surface area contributed by atoms with Crippen molar-refractivity contribution in [3.05, 3.63) is 35.9 Å². The zero-order valence-corrected chi connectivity index (χ0v) is 11.8. The molecule has 2 amide bonds. The van der Waals surface area contributed by atoms with E-state index in [4.69, 9.17) is 5.11 Å². The Bertz CT molecular complexity index is 527. The number of nitrogens with one attached hydrogen (secondary N) is 2. The molecule has 0 aliphatic heterocycles. The lowest BCUT2D eigenvalue weighted by atomic mass is 10.0. The van der Waals surface area contributed by atoms with Gasteiger partial charge in [0.25, 0.3) is 0 Å². The van der Waals surface area contributed by atoms with Crippen LogP contribution in [0.2, 0.25) is 0 Å². The largest absolute Gasteiger partial charge is 0.480 e. The minimum Gasteiger partial charge on any atom is -0.480 e. The van der Waals surface area contributed by atoms with Crippen molar-refractivity contribution in [3.8, 4) is 0 Å². The summed E-state index contributed by atoms with van der Waals surface area (Å²) >= 11 is 0. The maximum absolute atomic E-state index is 12.0. The normalized spacial score (nSPS) is 12.3. The van der Waals surface area contributed by atoms with Crippen LogP contribution in [0.3, 0.4) is 0 Å². The molecule has 0 aliphatic rings. The number of carbonyl (C=O) groups is 3. The predicted molar refractivity (Wildman–Crippen MR) is 75.0 cm³/mol. The zero-order chi connectivity index (χ0) is 16.0. The van der Waals surface area contributed by atoms with Crippen LogP contribution in [0.1, 0.15) is 19.4 Å². The fourth-order valence-corrected chi connectivity index (χ4v) is 1.71. The molecule has 0 bridgehead atoms. The monoisotopic (exact) mass is 294 g/mol. The minimum absolute atomic E-state index is 0.116. The summed E-state index contributed by atoms with van der Waals surface area (Å²) in [4.78, 5) is 33.9. The Morgan fingerprint density at radius 3 is 2.19 bits per heavy atom. The third kappa shape index (κ3) is 5.13. The molecule has 4 N–H and O–H groups in total. The number of hydrogen-bond donors (Lipinski definition) is 4. The molecule has 0 radical (unpaired) electrons. The lowest BCUT2D eigenvalue weighted by molar-refractivity contribution is -0.142. The van der Waals surface area contributed by atoms with E-state index in [1.807, 2.05) is 5.32 Å². The lowest BCUT2D eigenvalue weighted by Gasteiger charge is -2.25. The van der Waals surface area contributed by atoms with E-state index in [9.17, 15) is 19.5 Å². The number of carbonyl (C=O) groups excluding carboxylic acids is 1. The van der Waals surface area contributed by atoms with Crippen LogP contribution in [0.15, 0.2) is 30.3 Å². The standard InChI is InChI=1S/C14H18N2O5/c1-14(2,16-13(20)21)12(19)15-10(11(17)18)8-9-6-4-3-5-7-9/h3-7,10,16H,8H2,1-2H3,(H,15,19)(H,17,18)(H,20,21). The van der Waals surface area contributed by atoms with Gasteiger partial charge in [-0.1, -0.05) is 30.3 Å². The van der Waals surface area contributed by atoms with Crippen molar-refractivity contribution in [2.75, 3.05) is 0 Å². The van der Waals surface area contributed by atoms with Gasteiger partial charge in [0, 0.05) is 6.42 Å². The lowest BCUT2D eigenvalue weighted by Crippen LogP contribution is -2.58. The Kier molecular flexibility index (Phi) is 5.29. The SMILES string of the molecule is CC(C)(NC(=O)O)C(=O)NC(Cc1ccccc1)C(=O)O. The highest BCUT2D eigenvalue weighted by Gasteiger charge is 2.32. The van der Waals surface area contributed by atoms with Gasteiger partial charge < -0.3 is 20.8 Å². The first kappa shape index (κ1) is 16.5. The van der Waals surface area contributed by atoms with E-state index in [0.29, 0.717) is 0 Å². The molecule has 0 fully saturated rings.